The van der Waals surface area contributed by atoms with Crippen LogP contribution in [-0.2, 0) is 6.54 Å². The van der Waals surface area contributed by atoms with Crippen LogP contribution in [0.25, 0.3) is 0 Å². The maximum absolute atomic E-state index is 12.4. The first-order valence-electron chi connectivity index (χ1n) is 9.08. The van der Waals surface area contributed by atoms with Crippen molar-refractivity contribution in [2.24, 2.45) is 10.9 Å². The number of hydrogen-bond donors (Lipinski definition) is 2. The van der Waals surface area contributed by atoms with E-state index in [0.29, 0.717) is 25.6 Å². The van der Waals surface area contributed by atoms with E-state index in [1.54, 1.807) is 11.3 Å². The number of aliphatic imine (C=N–C) groups is 1. The highest BCUT2D eigenvalue weighted by atomic mass is 127. The molecule has 0 spiro atoms. The number of aromatic nitrogens is 1. The first-order chi connectivity index (χ1) is 12.4. The minimum Gasteiger partial charge on any atom is -0.357 e. The third-order valence-corrected chi connectivity index (χ3v) is 5.24. The smallest absolute Gasteiger partial charge is 0.357 e. The lowest BCUT2D eigenvalue weighted by atomic mass is 9.93. The van der Waals surface area contributed by atoms with Crippen molar-refractivity contribution in [1.82, 2.24) is 20.5 Å². The maximum atomic E-state index is 12.4. The predicted octanol–water partition coefficient (Wildman–Crippen LogP) is 3.79. The van der Waals surface area contributed by atoms with E-state index in [1.807, 2.05) is 20.0 Å². The summed E-state index contributed by atoms with van der Waals surface area (Å²) in [6, 6.07) is 0. The monoisotopic (exact) mass is 519 g/mol. The summed E-state index contributed by atoms with van der Waals surface area (Å²) in [5.41, 5.74) is 0. The summed E-state index contributed by atoms with van der Waals surface area (Å²) >= 11 is 1.64. The molecule has 10 heteroatoms. The Morgan fingerprint density at radius 3 is 2.59 bits per heavy atom. The van der Waals surface area contributed by atoms with Crippen molar-refractivity contribution in [1.29, 1.82) is 0 Å². The van der Waals surface area contributed by atoms with Gasteiger partial charge in [0.2, 0.25) is 0 Å². The molecule has 156 valence electrons. The number of likely N-dealkylation sites (tertiary alicyclic amines) is 1. The van der Waals surface area contributed by atoms with Crippen molar-refractivity contribution in [2.75, 3.05) is 32.7 Å². The van der Waals surface area contributed by atoms with Crippen LogP contribution in [0.1, 0.15) is 36.1 Å². The molecule has 1 aromatic rings. The number of thiazole rings is 1. The summed E-state index contributed by atoms with van der Waals surface area (Å²) in [6.07, 6.45) is 0.344. The lowest BCUT2D eigenvalue weighted by Crippen LogP contribution is -2.41. The van der Waals surface area contributed by atoms with Gasteiger partial charge in [-0.25, -0.2) is 9.98 Å². The van der Waals surface area contributed by atoms with Gasteiger partial charge in [0.05, 0.1) is 13.1 Å². The summed E-state index contributed by atoms with van der Waals surface area (Å²) < 4.78 is 37.3. The van der Waals surface area contributed by atoms with Crippen molar-refractivity contribution >= 4 is 41.3 Å². The van der Waals surface area contributed by atoms with Gasteiger partial charge in [0.1, 0.15) is 5.01 Å². The molecule has 1 saturated heterocycles. The zero-order valence-electron chi connectivity index (χ0n) is 15.8. The van der Waals surface area contributed by atoms with Crippen LogP contribution in [0.4, 0.5) is 13.2 Å². The fraction of sp³-hybridized carbons (Fsp3) is 0.765. The van der Waals surface area contributed by atoms with Gasteiger partial charge in [-0.1, -0.05) is 0 Å². The highest BCUT2D eigenvalue weighted by molar-refractivity contribution is 14.0. The van der Waals surface area contributed by atoms with E-state index in [4.69, 9.17) is 0 Å². The van der Waals surface area contributed by atoms with E-state index in [1.165, 1.54) is 9.78 Å². The number of alkyl halides is 3. The number of rotatable bonds is 7. The molecule has 0 aliphatic carbocycles. The van der Waals surface area contributed by atoms with E-state index in [2.05, 4.69) is 20.6 Å². The van der Waals surface area contributed by atoms with Crippen molar-refractivity contribution in [3.05, 3.63) is 16.1 Å². The number of guanidine groups is 1. The number of halogens is 4. The molecule has 1 aliphatic heterocycles. The summed E-state index contributed by atoms with van der Waals surface area (Å²) in [7, 11) is 0. The second-order valence-corrected chi connectivity index (χ2v) is 7.93. The van der Waals surface area contributed by atoms with Crippen LogP contribution in [0.15, 0.2) is 11.2 Å². The second kappa shape index (κ2) is 12.1. The topological polar surface area (TPSA) is 52.6 Å². The Hall–Kier alpha value is -0.620. The van der Waals surface area contributed by atoms with Gasteiger partial charge in [-0.3, -0.25) is 4.90 Å². The summed E-state index contributed by atoms with van der Waals surface area (Å²) in [5.74, 6) is 1.23. The number of piperidine rings is 1. The Morgan fingerprint density at radius 1 is 1.33 bits per heavy atom. The van der Waals surface area contributed by atoms with Crippen molar-refractivity contribution in [3.63, 3.8) is 0 Å². The van der Waals surface area contributed by atoms with Gasteiger partial charge < -0.3 is 10.6 Å². The number of hydrogen-bond acceptors (Lipinski definition) is 4. The Morgan fingerprint density at radius 2 is 2.04 bits per heavy atom. The van der Waals surface area contributed by atoms with Crippen molar-refractivity contribution in [3.8, 4) is 0 Å². The number of nitrogens with zero attached hydrogens (tertiary/aromatic N) is 3. The SMILES string of the molecule is CCNC(=NCc1ncc(C)s1)NCCC1CCN(CC(F)(F)F)CC1.I. The van der Waals surface area contributed by atoms with E-state index in [9.17, 15) is 13.2 Å². The molecule has 1 aliphatic rings. The Bertz CT molecular complexity index is 571. The molecule has 0 bridgehead atoms. The Balaban J connectivity index is 0.00000364. The molecule has 0 atom stereocenters. The minimum absolute atomic E-state index is 0. The van der Waals surface area contributed by atoms with Gasteiger partial charge in [-0.2, -0.15) is 13.2 Å². The highest BCUT2D eigenvalue weighted by Gasteiger charge is 2.32. The quantitative estimate of drug-likeness (QED) is 0.327. The third-order valence-electron chi connectivity index (χ3n) is 4.34. The molecule has 5 nitrogen and oxygen atoms in total. The third kappa shape index (κ3) is 9.93. The van der Waals surface area contributed by atoms with Crippen LogP contribution in [0, 0.1) is 12.8 Å². The molecule has 0 unspecified atom stereocenters. The first-order valence-corrected chi connectivity index (χ1v) is 9.90. The molecule has 2 heterocycles. The lowest BCUT2D eigenvalue weighted by molar-refractivity contribution is -0.148. The average Bonchev–Trinajstić information content (AvgIpc) is 2.98. The van der Waals surface area contributed by atoms with Crippen molar-refractivity contribution in [2.45, 2.75) is 45.8 Å². The summed E-state index contributed by atoms with van der Waals surface area (Å²) in [4.78, 5) is 11.5. The normalized spacial score (nSPS) is 16.9. The van der Waals surface area contributed by atoms with Gasteiger partial charge >= 0.3 is 6.18 Å². The second-order valence-electron chi connectivity index (χ2n) is 6.61. The fourth-order valence-electron chi connectivity index (χ4n) is 3.04. The van der Waals surface area contributed by atoms with E-state index in [0.717, 1.165) is 43.3 Å². The molecule has 0 aromatic carbocycles. The van der Waals surface area contributed by atoms with Crippen LogP contribution in [0.3, 0.4) is 0 Å². The Kier molecular flexibility index (Phi) is 10.9. The molecule has 27 heavy (non-hydrogen) atoms. The maximum Gasteiger partial charge on any atom is 0.401 e. The molecule has 0 radical (unpaired) electrons. The molecule has 0 amide bonds. The molecule has 2 N–H and O–H groups in total. The van der Waals surface area contributed by atoms with E-state index >= 15 is 0 Å². The zero-order valence-corrected chi connectivity index (χ0v) is 19.0. The molecule has 1 fully saturated rings. The van der Waals surface area contributed by atoms with E-state index in [-0.39, 0.29) is 24.0 Å². The summed E-state index contributed by atoms with van der Waals surface area (Å²) in [5, 5.41) is 7.51. The number of nitrogens with one attached hydrogen (secondary N) is 2. The van der Waals surface area contributed by atoms with Gasteiger partial charge in [-0.15, -0.1) is 35.3 Å². The van der Waals surface area contributed by atoms with Gasteiger partial charge in [0.25, 0.3) is 0 Å². The predicted molar refractivity (Wildman–Crippen MR) is 115 cm³/mol. The molecular weight excluding hydrogens is 490 g/mol. The first kappa shape index (κ1) is 24.4. The van der Waals surface area contributed by atoms with Gasteiger partial charge in [-0.05, 0) is 52.1 Å². The minimum atomic E-state index is -4.10. The Labute approximate surface area is 180 Å². The van der Waals surface area contributed by atoms with Crippen molar-refractivity contribution < 1.29 is 13.2 Å². The molecule has 2 rings (SSSR count). The van der Waals surface area contributed by atoms with Crippen LogP contribution in [-0.4, -0.2) is 54.7 Å². The van der Waals surface area contributed by atoms with Crippen LogP contribution in [0.2, 0.25) is 0 Å². The average molecular weight is 519 g/mol. The van der Waals surface area contributed by atoms with E-state index < -0.39 is 12.7 Å². The van der Waals surface area contributed by atoms with Crippen LogP contribution >= 0.6 is 35.3 Å². The molecule has 0 saturated carbocycles. The highest BCUT2D eigenvalue weighted by Crippen LogP contribution is 2.23. The largest absolute Gasteiger partial charge is 0.401 e. The van der Waals surface area contributed by atoms with Crippen LogP contribution < -0.4 is 10.6 Å². The zero-order chi connectivity index (χ0) is 19.0. The molecule has 1 aromatic heterocycles. The number of aryl methyl sites for hydroxylation is 1. The molecular formula is C17H29F3IN5S. The van der Waals surface area contributed by atoms with Crippen LogP contribution in [0.5, 0.6) is 0 Å². The van der Waals surface area contributed by atoms with Gasteiger partial charge in [0, 0.05) is 24.2 Å². The van der Waals surface area contributed by atoms with Gasteiger partial charge in [0.15, 0.2) is 5.96 Å². The standard InChI is InChI=1S/C17H28F3N5S.HI/c1-3-21-16(24-11-15-23-10-13(2)26-15)22-7-4-14-5-8-25(9-6-14)12-17(18,19)20;/h10,14H,3-9,11-12H2,1-2H3,(H2,21,22,24);1H. The fourth-order valence-corrected chi connectivity index (χ4v) is 3.76. The lowest BCUT2D eigenvalue weighted by Gasteiger charge is -2.32. The summed E-state index contributed by atoms with van der Waals surface area (Å²) in [6.45, 7) is 6.40.